The Hall–Kier alpha value is -0.570. The highest BCUT2D eigenvalue weighted by atomic mass is 16.2. The highest BCUT2D eigenvalue weighted by Crippen LogP contribution is 2.33. The highest BCUT2D eigenvalue weighted by Gasteiger charge is 2.37. The molecule has 2 rings (SSSR count). The fourth-order valence-corrected chi connectivity index (χ4v) is 3.14. The Bertz CT molecular complexity index is 301. The second-order valence-corrected chi connectivity index (χ2v) is 6.83. The van der Waals surface area contributed by atoms with Gasteiger partial charge in [-0.2, -0.15) is 0 Å². The van der Waals surface area contributed by atoms with Crippen LogP contribution in [-0.2, 0) is 4.79 Å². The van der Waals surface area contributed by atoms with E-state index in [0.717, 1.165) is 38.8 Å². The first kappa shape index (κ1) is 12.9. The standard InChI is InChI=1S/C14H26N2O/c1-10-4-5-11(8-12(10)15)13(17)16-7-6-14(2,3)9-16/h10-12H,4-9,15H2,1-3H3. The van der Waals surface area contributed by atoms with Gasteiger partial charge in [-0.1, -0.05) is 20.8 Å². The van der Waals surface area contributed by atoms with Crippen molar-refractivity contribution in [1.82, 2.24) is 4.90 Å². The van der Waals surface area contributed by atoms with Crippen LogP contribution >= 0.6 is 0 Å². The van der Waals surface area contributed by atoms with Crippen molar-refractivity contribution in [3.05, 3.63) is 0 Å². The fourth-order valence-electron chi connectivity index (χ4n) is 3.14. The zero-order valence-electron chi connectivity index (χ0n) is 11.4. The van der Waals surface area contributed by atoms with E-state index in [2.05, 4.69) is 25.7 Å². The van der Waals surface area contributed by atoms with Gasteiger partial charge in [0.05, 0.1) is 0 Å². The van der Waals surface area contributed by atoms with E-state index in [9.17, 15) is 4.79 Å². The van der Waals surface area contributed by atoms with Crippen molar-refractivity contribution in [3.63, 3.8) is 0 Å². The van der Waals surface area contributed by atoms with Crippen LogP contribution in [0, 0.1) is 17.3 Å². The predicted octanol–water partition coefficient (Wildman–Crippen LogP) is 2.01. The van der Waals surface area contributed by atoms with Gasteiger partial charge in [-0.15, -0.1) is 0 Å². The van der Waals surface area contributed by atoms with Crippen molar-refractivity contribution in [2.24, 2.45) is 23.0 Å². The molecule has 1 heterocycles. The van der Waals surface area contributed by atoms with Crippen molar-refractivity contribution in [2.75, 3.05) is 13.1 Å². The maximum absolute atomic E-state index is 12.4. The summed E-state index contributed by atoms with van der Waals surface area (Å²) in [7, 11) is 0. The van der Waals surface area contributed by atoms with Crippen LogP contribution in [-0.4, -0.2) is 29.9 Å². The molecule has 1 aliphatic carbocycles. The molecule has 1 saturated carbocycles. The van der Waals surface area contributed by atoms with Gasteiger partial charge >= 0.3 is 0 Å². The minimum Gasteiger partial charge on any atom is -0.342 e. The summed E-state index contributed by atoms with van der Waals surface area (Å²) >= 11 is 0. The molecule has 0 aromatic rings. The van der Waals surface area contributed by atoms with E-state index < -0.39 is 0 Å². The molecule has 98 valence electrons. The second kappa shape index (κ2) is 4.60. The molecule has 2 N–H and O–H groups in total. The van der Waals surface area contributed by atoms with Crippen molar-refractivity contribution >= 4 is 5.91 Å². The highest BCUT2D eigenvalue weighted by molar-refractivity contribution is 5.79. The molecule has 1 aliphatic heterocycles. The number of hydrogen-bond acceptors (Lipinski definition) is 2. The van der Waals surface area contributed by atoms with Gasteiger partial charge in [-0.3, -0.25) is 4.79 Å². The van der Waals surface area contributed by atoms with E-state index in [1.807, 2.05) is 0 Å². The molecule has 2 fully saturated rings. The third-order valence-corrected chi connectivity index (χ3v) is 4.60. The molecule has 3 atom stereocenters. The maximum atomic E-state index is 12.4. The largest absolute Gasteiger partial charge is 0.342 e. The van der Waals surface area contributed by atoms with Gasteiger partial charge in [0.1, 0.15) is 0 Å². The molecule has 17 heavy (non-hydrogen) atoms. The molecule has 0 aromatic heterocycles. The molecular formula is C14H26N2O. The molecule has 0 spiro atoms. The summed E-state index contributed by atoms with van der Waals surface area (Å²) in [5, 5.41) is 0. The number of nitrogens with zero attached hydrogens (tertiary/aromatic N) is 1. The van der Waals surface area contributed by atoms with Crippen LogP contribution < -0.4 is 5.73 Å². The summed E-state index contributed by atoms with van der Waals surface area (Å²) in [5.74, 6) is 1.13. The number of rotatable bonds is 1. The van der Waals surface area contributed by atoms with E-state index in [-0.39, 0.29) is 12.0 Å². The number of carbonyl (C=O) groups is 1. The van der Waals surface area contributed by atoms with Crippen LogP contribution in [0.3, 0.4) is 0 Å². The summed E-state index contributed by atoms with van der Waals surface area (Å²) in [6.45, 7) is 8.55. The Morgan fingerprint density at radius 2 is 2.06 bits per heavy atom. The number of nitrogens with two attached hydrogens (primary N) is 1. The summed E-state index contributed by atoms with van der Waals surface area (Å²) < 4.78 is 0. The first-order valence-corrected chi connectivity index (χ1v) is 6.93. The van der Waals surface area contributed by atoms with Gasteiger partial charge in [-0.05, 0) is 37.0 Å². The zero-order chi connectivity index (χ0) is 12.6. The fraction of sp³-hybridized carbons (Fsp3) is 0.929. The molecule has 0 bridgehead atoms. The second-order valence-electron chi connectivity index (χ2n) is 6.83. The van der Waals surface area contributed by atoms with Crippen molar-refractivity contribution in [3.8, 4) is 0 Å². The quantitative estimate of drug-likeness (QED) is 0.759. The summed E-state index contributed by atoms with van der Waals surface area (Å²) in [5.41, 5.74) is 6.39. The van der Waals surface area contributed by atoms with Gasteiger partial charge in [0.2, 0.25) is 5.91 Å². The van der Waals surface area contributed by atoms with Crippen LogP contribution in [0.25, 0.3) is 0 Å². The predicted molar refractivity (Wildman–Crippen MR) is 69.5 cm³/mol. The summed E-state index contributed by atoms with van der Waals surface area (Å²) in [6.07, 6.45) is 4.16. The summed E-state index contributed by atoms with van der Waals surface area (Å²) in [4.78, 5) is 14.5. The topological polar surface area (TPSA) is 46.3 Å². The minimum absolute atomic E-state index is 0.190. The third-order valence-electron chi connectivity index (χ3n) is 4.60. The smallest absolute Gasteiger partial charge is 0.225 e. The Labute approximate surface area is 105 Å². The maximum Gasteiger partial charge on any atom is 0.225 e. The van der Waals surface area contributed by atoms with Crippen molar-refractivity contribution in [1.29, 1.82) is 0 Å². The first-order chi connectivity index (χ1) is 7.89. The lowest BCUT2D eigenvalue weighted by Gasteiger charge is -2.33. The van der Waals surface area contributed by atoms with Crippen LogP contribution in [0.1, 0.15) is 46.5 Å². The van der Waals surface area contributed by atoms with Crippen LogP contribution in [0.15, 0.2) is 0 Å². The first-order valence-electron chi connectivity index (χ1n) is 6.93. The van der Waals surface area contributed by atoms with Gasteiger partial charge in [-0.25, -0.2) is 0 Å². The molecule has 0 radical (unpaired) electrons. The van der Waals surface area contributed by atoms with Gasteiger partial charge in [0, 0.05) is 25.0 Å². The average Bonchev–Trinajstić information content (AvgIpc) is 2.62. The average molecular weight is 238 g/mol. The Morgan fingerprint density at radius 3 is 2.59 bits per heavy atom. The monoisotopic (exact) mass is 238 g/mol. The van der Waals surface area contributed by atoms with Crippen LogP contribution in [0.5, 0.6) is 0 Å². The number of amides is 1. The molecular weight excluding hydrogens is 212 g/mol. The molecule has 3 unspecified atom stereocenters. The van der Waals surface area contributed by atoms with Gasteiger partial charge in [0.15, 0.2) is 0 Å². The summed E-state index contributed by atoms with van der Waals surface area (Å²) in [6, 6.07) is 0.216. The van der Waals surface area contributed by atoms with E-state index in [0.29, 0.717) is 17.2 Å². The third kappa shape index (κ3) is 2.82. The molecule has 0 aromatic carbocycles. The van der Waals surface area contributed by atoms with Crippen molar-refractivity contribution < 1.29 is 4.79 Å². The molecule has 3 nitrogen and oxygen atoms in total. The van der Waals surface area contributed by atoms with Crippen LogP contribution in [0.2, 0.25) is 0 Å². The zero-order valence-corrected chi connectivity index (χ0v) is 11.4. The molecule has 1 saturated heterocycles. The van der Waals surface area contributed by atoms with E-state index in [1.165, 1.54) is 0 Å². The molecule has 3 heteroatoms. The minimum atomic E-state index is 0.190. The van der Waals surface area contributed by atoms with Gasteiger partial charge < -0.3 is 10.6 Å². The van der Waals surface area contributed by atoms with E-state index in [1.54, 1.807) is 0 Å². The normalized spacial score (nSPS) is 37.2. The molecule has 2 aliphatic rings. The number of hydrogen-bond donors (Lipinski definition) is 1. The van der Waals surface area contributed by atoms with Crippen LogP contribution in [0.4, 0.5) is 0 Å². The lowest BCUT2D eigenvalue weighted by Crippen LogP contribution is -2.42. The van der Waals surface area contributed by atoms with E-state index in [4.69, 9.17) is 5.73 Å². The van der Waals surface area contributed by atoms with E-state index >= 15 is 0 Å². The number of likely N-dealkylation sites (tertiary alicyclic amines) is 1. The Morgan fingerprint density at radius 1 is 1.35 bits per heavy atom. The lowest BCUT2D eigenvalue weighted by molar-refractivity contribution is -0.136. The van der Waals surface area contributed by atoms with Gasteiger partial charge in [0.25, 0.3) is 0 Å². The lowest BCUT2D eigenvalue weighted by atomic mass is 9.79. The Balaban J connectivity index is 1.93. The van der Waals surface area contributed by atoms with Crippen molar-refractivity contribution in [2.45, 2.75) is 52.5 Å². The SMILES string of the molecule is CC1CCC(C(=O)N2CCC(C)(C)C2)CC1N. The number of carbonyl (C=O) groups excluding carboxylic acids is 1. The Kier molecular flexibility index (Phi) is 3.48. The molecule has 1 amide bonds.